The number of benzene rings is 1. The van der Waals surface area contributed by atoms with Crippen LogP contribution in [0.5, 0.6) is 0 Å². The number of aromatic amines is 1. The standard InChI is InChI=1S/C14H9N3O5S2/c18-12(19)6-16-13(20)11(24-14(16)23)3-7-5-15-10-2-1-8(17(21)22)4-9(7)10/h1-5,15H,6H2,(H,18,19). The molecule has 2 N–H and O–H groups in total. The van der Waals surface area contributed by atoms with Crippen LogP contribution in [0.15, 0.2) is 29.3 Å². The number of nitrogens with one attached hydrogen (secondary N) is 1. The third-order valence-electron chi connectivity index (χ3n) is 3.36. The Labute approximate surface area is 144 Å². The number of hydrogen-bond donors (Lipinski definition) is 2. The first-order chi connectivity index (χ1) is 11.4. The summed E-state index contributed by atoms with van der Waals surface area (Å²) in [6.45, 7) is -0.499. The summed E-state index contributed by atoms with van der Waals surface area (Å²) in [5.74, 6) is -1.65. The van der Waals surface area contributed by atoms with Crippen molar-refractivity contribution < 1.29 is 19.6 Å². The molecule has 0 saturated carbocycles. The lowest BCUT2D eigenvalue weighted by atomic mass is 10.1. The minimum atomic E-state index is -1.16. The van der Waals surface area contributed by atoms with E-state index in [2.05, 4.69) is 4.98 Å². The highest BCUT2D eigenvalue weighted by molar-refractivity contribution is 8.26. The maximum atomic E-state index is 12.3. The highest BCUT2D eigenvalue weighted by Gasteiger charge is 2.33. The summed E-state index contributed by atoms with van der Waals surface area (Å²) < 4.78 is 0.166. The van der Waals surface area contributed by atoms with Crippen molar-refractivity contribution in [3.8, 4) is 0 Å². The van der Waals surface area contributed by atoms with E-state index in [0.717, 1.165) is 16.7 Å². The summed E-state index contributed by atoms with van der Waals surface area (Å²) in [5.41, 5.74) is 1.22. The number of rotatable bonds is 4. The Morgan fingerprint density at radius 1 is 1.50 bits per heavy atom. The average molecular weight is 363 g/mol. The number of hydrogen-bond acceptors (Lipinski definition) is 6. The van der Waals surface area contributed by atoms with Crippen LogP contribution in [0.25, 0.3) is 17.0 Å². The number of thioether (sulfide) groups is 1. The Kier molecular flexibility index (Phi) is 4.08. The van der Waals surface area contributed by atoms with Gasteiger partial charge in [-0.15, -0.1) is 0 Å². The average Bonchev–Trinajstić information content (AvgIpc) is 3.03. The Morgan fingerprint density at radius 3 is 2.92 bits per heavy atom. The largest absolute Gasteiger partial charge is 0.480 e. The van der Waals surface area contributed by atoms with Crippen LogP contribution in [0.3, 0.4) is 0 Å². The van der Waals surface area contributed by atoms with Crippen LogP contribution in [0.4, 0.5) is 5.69 Å². The molecule has 0 unspecified atom stereocenters. The Balaban J connectivity index is 2.00. The first kappa shape index (κ1) is 16.1. The molecule has 0 bridgehead atoms. The van der Waals surface area contributed by atoms with Gasteiger partial charge >= 0.3 is 5.97 Å². The number of carboxylic acids is 1. The second-order valence-electron chi connectivity index (χ2n) is 4.89. The van der Waals surface area contributed by atoms with Gasteiger partial charge in [0.2, 0.25) is 0 Å². The lowest BCUT2D eigenvalue weighted by Gasteiger charge is -2.10. The van der Waals surface area contributed by atoms with Crippen LogP contribution in [0, 0.1) is 10.1 Å². The molecule has 2 heterocycles. The molecular weight excluding hydrogens is 354 g/mol. The topological polar surface area (TPSA) is 117 Å². The summed E-state index contributed by atoms with van der Waals surface area (Å²) in [4.78, 5) is 37.7. The minimum absolute atomic E-state index is 0.0600. The van der Waals surface area contributed by atoms with E-state index in [4.69, 9.17) is 17.3 Å². The summed E-state index contributed by atoms with van der Waals surface area (Å²) in [5, 5.41) is 20.3. The lowest BCUT2D eigenvalue weighted by molar-refractivity contribution is -0.384. The highest BCUT2D eigenvalue weighted by atomic mass is 32.2. The molecule has 0 spiro atoms. The van der Waals surface area contributed by atoms with E-state index in [-0.39, 0.29) is 14.9 Å². The number of thiocarbonyl (C=S) groups is 1. The quantitative estimate of drug-likeness (QED) is 0.371. The number of carboxylic acid groups (broad SMARTS) is 1. The van der Waals surface area contributed by atoms with Gasteiger partial charge in [0.25, 0.3) is 11.6 Å². The molecule has 1 aliphatic rings. The fourth-order valence-corrected chi connectivity index (χ4v) is 3.52. The number of nitro groups is 1. The van der Waals surface area contributed by atoms with Gasteiger partial charge in [-0.3, -0.25) is 24.6 Å². The lowest BCUT2D eigenvalue weighted by Crippen LogP contribution is -2.33. The SMILES string of the molecule is O=C(O)CN1C(=O)C(=Cc2c[nH]c3ccc([N+](=O)[O-])cc23)SC1=S. The molecule has 122 valence electrons. The van der Waals surface area contributed by atoms with E-state index >= 15 is 0 Å². The van der Waals surface area contributed by atoms with E-state index in [9.17, 15) is 19.7 Å². The van der Waals surface area contributed by atoms with Crippen LogP contribution in [0.2, 0.25) is 0 Å². The molecule has 10 heteroatoms. The summed E-state index contributed by atoms with van der Waals surface area (Å²) in [7, 11) is 0. The molecule has 1 amide bonds. The van der Waals surface area contributed by atoms with Crippen molar-refractivity contribution in [2.24, 2.45) is 0 Å². The summed E-state index contributed by atoms with van der Waals surface area (Å²) in [6.07, 6.45) is 3.17. The number of H-pyrrole nitrogens is 1. The van der Waals surface area contributed by atoms with E-state index in [1.807, 2.05) is 0 Å². The van der Waals surface area contributed by atoms with Crippen molar-refractivity contribution in [2.45, 2.75) is 0 Å². The first-order valence-electron chi connectivity index (χ1n) is 6.59. The minimum Gasteiger partial charge on any atom is -0.480 e. The van der Waals surface area contributed by atoms with Crippen molar-refractivity contribution >= 4 is 62.8 Å². The molecule has 1 aromatic heterocycles. The van der Waals surface area contributed by atoms with Gasteiger partial charge in [0.05, 0.1) is 9.83 Å². The van der Waals surface area contributed by atoms with Crippen LogP contribution >= 0.6 is 24.0 Å². The predicted octanol–water partition coefficient (Wildman–Crippen LogP) is 2.36. The number of non-ortho nitro benzene ring substituents is 1. The predicted molar refractivity (Wildman–Crippen MR) is 92.5 cm³/mol. The monoisotopic (exact) mass is 363 g/mol. The van der Waals surface area contributed by atoms with E-state index in [0.29, 0.717) is 16.5 Å². The van der Waals surface area contributed by atoms with Crippen LogP contribution in [-0.2, 0) is 9.59 Å². The number of fused-ring (bicyclic) bond motifs is 1. The molecule has 0 atom stereocenters. The number of carbonyl (C=O) groups is 2. The molecule has 1 saturated heterocycles. The van der Waals surface area contributed by atoms with Crippen LogP contribution in [-0.4, -0.2) is 42.7 Å². The fourth-order valence-electron chi connectivity index (χ4n) is 2.28. The second-order valence-corrected chi connectivity index (χ2v) is 6.57. The fraction of sp³-hybridized carbons (Fsp3) is 0.0714. The van der Waals surface area contributed by atoms with Gasteiger partial charge in [-0.1, -0.05) is 24.0 Å². The Hall–Kier alpha value is -2.72. The molecule has 1 aromatic carbocycles. The number of carbonyl (C=O) groups excluding carboxylic acids is 1. The molecule has 1 aliphatic heterocycles. The molecule has 2 aromatic rings. The van der Waals surface area contributed by atoms with E-state index in [1.165, 1.54) is 12.1 Å². The van der Waals surface area contributed by atoms with E-state index < -0.39 is 23.3 Å². The van der Waals surface area contributed by atoms with Gasteiger partial charge in [0.15, 0.2) is 0 Å². The third kappa shape index (κ3) is 2.88. The number of aliphatic carboxylic acids is 1. The van der Waals surface area contributed by atoms with Crippen molar-refractivity contribution in [1.82, 2.24) is 9.88 Å². The smallest absolute Gasteiger partial charge is 0.323 e. The summed E-state index contributed by atoms with van der Waals surface area (Å²) >= 11 is 6.03. The van der Waals surface area contributed by atoms with Gasteiger partial charge < -0.3 is 10.1 Å². The normalized spacial score (nSPS) is 16.3. The van der Waals surface area contributed by atoms with Crippen molar-refractivity contribution in [2.75, 3.05) is 6.54 Å². The maximum Gasteiger partial charge on any atom is 0.323 e. The Bertz CT molecular complexity index is 934. The molecule has 3 rings (SSSR count). The molecule has 1 fully saturated rings. The number of amides is 1. The van der Waals surface area contributed by atoms with Crippen LogP contribution < -0.4 is 0 Å². The number of aromatic nitrogens is 1. The number of nitrogens with zero attached hydrogens (tertiary/aromatic N) is 2. The van der Waals surface area contributed by atoms with Gasteiger partial charge in [0.1, 0.15) is 10.9 Å². The van der Waals surface area contributed by atoms with Crippen molar-refractivity contribution in [3.63, 3.8) is 0 Å². The molecule has 8 nitrogen and oxygen atoms in total. The number of nitro benzene ring substituents is 1. The second kappa shape index (κ2) is 6.06. The zero-order valence-electron chi connectivity index (χ0n) is 11.9. The third-order valence-corrected chi connectivity index (χ3v) is 4.74. The molecular formula is C14H9N3O5S2. The molecule has 0 radical (unpaired) electrons. The molecule has 0 aliphatic carbocycles. The van der Waals surface area contributed by atoms with Gasteiger partial charge in [-0.25, -0.2) is 0 Å². The highest BCUT2D eigenvalue weighted by Crippen LogP contribution is 2.34. The zero-order valence-corrected chi connectivity index (χ0v) is 13.5. The molecule has 24 heavy (non-hydrogen) atoms. The first-order valence-corrected chi connectivity index (χ1v) is 7.82. The summed E-state index contributed by atoms with van der Waals surface area (Å²) in [6, 6.07) is 4.38. The van der Waals surface area contributed by atoms with Crippen LogP contribution in [0.1, 0.15) is 5.56 Å². The van der Waals surface area contributed by atoms with E-state index in [1.54, 1.807) is 18.3 Å². The van der Waals surface area contributed by atoms with Gasteiger partial charge in [-0.05, 0) is 12.1 Å². The van der Waals surface area contributed by atoms with Gasteiger partial charge in [0, 0.05) is 34.8 Å². The van der Waals surface area contributed by atoms with Crippen molar-refractivity contribution in [3.05, 3.63) is 45.0 Å². The Morgan fingerprint density at radius 2 is 2.25 bits per heavy atom. The van der Waals surface area contributed by atoms with Gasteiger partial charge in [-0.2, -0.15) is 0 Å². The van der Waals surface area contributed by atoms with Crippen molar-refractivity contribution in [1.29, 1.82) is 0 Å². The zero-order chi connectivity index (χ0) is 17.4. The maximum absolute atomic E-state index is 12.3.